The molecule has 0 saturated heterocycles. The Labute approximate surface area is 71.6 Å². The fourth-order valence-electron chi connectivity index (χ4n) is 1.33. The summed E-state index contributed by atoms with van der Waals surface area (Å²) >= 11 is 0. The highest BCUT2D eigenvalue weighted by Crippen LogP contribution is 2.29. The van der Waals surface area contributed by atoms with Gasteiger partial charge >= 0.3 is 0 Å². The minimum Gasteiger partial charge on any atom is -0.350 e. The number of anilines is 2. The quantitative estimate of drug-likeness (QED) is 0.621. The van der Waals surface area contributed by atoms with Crippen molar-refractivity contribution in [3.05, 3.63) is 12.0 Å². The minimum absolute atomic E-state index is 0.316. The fraction of sp³-hybridized carbons (Fsp3) is 0.500. The van der Waals surface area contributed by atoms with Crippen molar-refractivity contribution in [2.75, 3.05) is 17.3 Å². The molecule has 1 unspecified atom stereocenters. The van der Waals surface area contributed by atoms with Crippen molar-refractivity contribution in [2.45, 2.75) is 20.0 Å². The van der Waals surface area contributed by atoms with Crippen LogP contribution in [0.4, 0.5) is 11.5 Å². The van der Waals surface area contributed by atoms with E-state index in [9.17, 15) is 0 Å². The number of aromatic nitrogens is 2. The van der Waals surface area contributed by atoms with E-state index in [-0.39, 0.29) is 0 Å². The van der Waals surface area contributed by atoms with Crippen LogP contribution in [0.5, 0.6) is 0 Å². The third kappa shape index (κ3) is 0.913. The highest BCUT2D eigenvalue weighted by molar-refractivity contribution is 5.70. The lowest BCUT2D eigenvalue weighted by Crippen LogP contribution is -2.28. The van der Waals surface area contributed by atoms with E-state index < -0.39 is 0 Å². The molecule has 4 heteroatoms. The summed E-state index contributed by atoms with van der Waals surface area (Å²) in [6.07, 6.45) is 2.17. The fourth-order valence-corrected chi connectivity index (χ4v) is 1.33. The molecule has 0 fully saturated rings. The molecule has 0 spiro atoms. The lowest BCUT2D eigenvalue weighted by atomic mass is 10.4. The average Bonchev–Trinajstić information content (AvgIpc) is 2.28. The number of rotatable bonds is 0. The van der Waals surface area contributed by atoms with Gasteiger partial charge in [0, 0.05) is 7.05 Å². The Morgan fingerprint density at radius 3 is 3.08 bits per heavy atom. The standard InChI is InChI=1S/C8H12N4/c1-5-9-4-7-8(10-5)11-6(2)12(7)3/h4,6H,1-3H3,(H,9,10,11). The van der Waals surface area contributed by atoms with E-state index in [2.05, 4.69) is 27.1 Å². The van der Waals surface area contributed by atoms with Crippen molar-refractivity contribution in [1.82, 2.24) is 9.97 Å². The molecule has 0 saturated carbocycles. The zero-order valence-corrected chi connectivity index (χ0v) is 7.50. The average molecular weight is 164 g/mol. The maximum atomic E-state index is 4.29. The highest BCUT2D eigenvalue weighted by atomic mass is 15.3. The largest absolute Gasteiger partial charge is 0.350 e. The van der Waals surface area contributed by atoms with Gasteiger partial charge in [-0.05, 0) is 13.8 Å². The maximum absolute atomic E-state index is 4.29. The van der Waals surface area contributed by atoms with Crippen LogP contribution in [0.25, 0.3) is 0 Å². The summed E-state index contributed by atoms with van der Waals surface area (Å²) in [5.74, 6) is 1.75. The van der Waals surface area contributed by atoms with Crippen LogP contribution in [-0.4, -0.2) is 23.2 Å². The highest BCUT2D eigenvalue weighted by Gasteiger charge is 2.23. The Morgan fingerprint density at radius 1 is 1.58 bits per heavy atom. The van der Waals surface area contributed by atoms with Gasteiger partial charge in [-0.3, -0.25) is 0 Å². The van der Waals surface area contributed by atoms with Crippen molar-refractivity contribution in [3.63, 3.8) is 0 Å². The van der Waals surface area contributed by atoms with Crippen LogP contribution in [0.3, 0.4) is 0 Å². The summed E-state index contributed by atoms with van der Waals surface area (Å²) in [5.41, 5.74) is 1.08. The molecule has 1 aromatic heterocycles. The smallest absolute Gasteiger partial charge is 0.155 e. The van der Waals surface area contributed by atoms with Crippen molar-refractivity contribution < 1.29 is 0 Å². The molecule has 12 heavy (non-hydrogen) atoms. The lowest BCUT2D eigenvalue weighted by molar-refractivity contribution is 0.805. The molecule has 1 aromatic rings. The molecule has 4 nitrogen and oxygen atoms in total. The van der Waals surface area contributed by atoms with Gasteiger partial charge in [0.15, 0.2) is 5.82 Å². The summed E-state index contributed by atoms with van der Waals surface area (Å²) in [5, 5.41) is 3.26. The van der Waals surface area contributed by atoms with Crippen LogP contribution in [0.2, 0.25) is 0 Å². The second-order valence-corrected chi connectivity index (χ2v) is 3.08. The van der Waals surface area contributed by atoms with Crippen LogP contribution in [0.1, 0.15) is 12.7 Å². The minimum atomic E-state index is 0.316. The number of fused-ring (bicyclic) bond motifs is 1. The van der Waals surface area contributed by atoms with Gasteiger partial charge in [-0.2, -0.15) is 0 Å². The lowest BCUT2D eigenvalue weighted by Gasteiger charge is -2.16. The van der Waals surface area contributed by atoms with E-state index in [0.29, 0.717) is 6.17 Å². The third-order valence-electron chi connectivity index (χ3n) is 2.20. The first-order valence-corrected chi connectivity index (χ1v) is 4.01. The predicted octanol–water partition coefficient (Wildman–Crippen LogP) is 0.993. The van der Waals surface area contributed by atoms with Gasteiger partial charge in [0.2, 0.25) is 0 Å². The van der Waals surface area contributed by atoms with E-state index in [4.69, 9.17) is 0 Å². The van der Waals surface area contributed by atoms with Crippen LogP contribution in [-0.2, 0) is 0 Å². The molecule has 0 amide bonds. The Morgan fingerprint density at radius 2 is 2.33 bits per heavy atom. The molecular formula is C8H12N4. The van der Waals surface area contributed by atoms with Crippen LogP contribution in [0, 0.1) is 6.92 Å². The summed E-state index contributed by atoms with van der Waals surface area (Å²) in [4.78, 5) is 10.6. The van der Waals surface area contributed by atoms with Crippen LogP contribution < -0.4 is 10.2 Å². The molecule has 1 atom stereocenters. The molecule has 0 bridgehead atoms. The van der Waals surface area contributed by atoms with E-state index >= 15 is 0 Å². The SMILES string of the molecule is Cc1ncc2c(n1)NC(C)N2C. The molecule has 0 radical (unpaired) electrons. The molecule has 64 valence electrons. The number of hydrogen-bond acceptors (Lipinski definition) is 4. The Hall–Kier alpha value is -1.32. The van der Waals surface area contributed by atoms with Gasteiger partial charge < -0.3 is 10.2 Å². The first-order valence-electron chi connectivity index (χ1n) is 4.01. The van der Waals surface area contributed by atoms with E-state index in [1.165, 1.54) is 0 Å². The number of nitrogens with one attached hydrogen (secondary N) is 1. The van der Waals surface area contributed by atoms with Crippen molar-refractivity contribution >= 4 is 11.5 Å². The summed E-state index contributed by atoms with van der Waals surface area (Å²) < 4.78 is 0. The summed E-state index contributed by atoms with van der Waals surface area (Å²) in [7, 11) is 2.03. The molecule has 0 aromatic carbocycles. The van der Waals surface area contributed by atoms with Gasteiger partial charge in [0.05, 0.1) is 18.1 Å². The van der Waals surface area contributed by atoms with Gasteiger partial charge in [-0.25, -0.2) is 9.97 Å². The van der Waals surface area contributed by atoms with E-state index in [1.807, 2.05) is 20.2 Å². The number of aryl methyl sites for hydroxylation is 1. The van der Waals surface area contributed by atoms with E-state index in [0.717, 1.165) is 17.3 Å². The second-order valence-electron chi connectivity index (χ2n) is 3.08. The number of nitrogens with zero attached hydrogens (tertiary/aromatic N) is 3. The van der Waals surface area contributed by atoms with Gasteiger partial charge in [0.1, 0.15) is 5.82 Å². The maximum Gasteiger partial charge on any atom is 0.155 e. The summed E-state index contributed by atoms with van der Waals surface area (Å²) in [6.45, 7) is 3.99. The molecule has 0 aliphatic carbocycles. The van der Waals surface area contributed by atoms with Crippen LogP contribution in [0.15, 0.2) is 6.20 Å². The zero-order chi connectivity index (χ0) is 8.72. The van der Waals surface area contributed by atoms with Crippen LogP contribution >= 0.6 is 0 Å². The topological polar surface area (TPSA) is 41.1 Å². The molecule has 1 N–H and O–H groups in total. The van der Waals surface area contributed by atoms with Crippen molar-refractivity contribution in [2.24, 2.45) is 0 Å². The van der Waals surface area contributed by atoms with Gasteiger partial charge in [-0.15, -0.1) is 0 Å². The molecule has 1 aliphatic heterocycles. The third-order valence-corrected chi connectivity index (χ3v) is 2.20. The van der Waals surface area contributed by atoms with E-state index in [1.54, 1.807) is 0 Å². The molecule has 2 heterocycles. The molecular weight excluding hydrogens is 152 g/mol. The first-order chi connectivity index (χ1) is 5.68. The van der Waals surface area contributed by atoms with Gasteiger partial charge in [0.25, 0.3) is 0 Å². The Kier molecular flexibility index (Phi) is 1.43. The van der Waals surface area contributed by atoms with Gasteiger partial charge in [-0.1, -0.05) is 0 Å². The Balaban J connectivity index is 2.47. The molecule has 2 rings (SSSR count). The Bertz CT molecular complexity index is 310. The first kappa shape index (κ1) is 7.34. The number of hydrogen-bond donors (Lipinski definition) is 1. The van der Waals surface area contributed by atoms with Crippen molar-refractivity contribution in [1.29, 1.82) is 0 Å². The predicted molar refractivity (Wildman–Crippen MR) is 48.3 cm³/mol. The normalized spacial score (nSPS) is 20.6. The second kappa shape index (κ2) is 2.33. The monoisotopic (exact) mass is 164 g/mol. The van der Waals surface area contributed by atoms with Crippen molar-refractivity contribution in [3.8, 4) is 0 Å². The molecule has 1 aliphatic rings. The zero-order valence-electron chi connectivity index (χ0n) is 7.50. The summed E-state index contributed by atoms with van der Waals surface area (Å²) in [6, 6.07) is 0.